The predicted molar refractivity (Wildman–Crippen MR) is 62.2 cm³/mol. The molecule has 0 heterocycles. The van der Waals surface area contributed by atoms with Gasteiger partial charge in [-0.1, -0.05) is 27.2 Å². The first-order valence-corrected chi connectivity index (χ1v) is 5.53. The maximum atomic E-state index is 11.6. The number of primary amides is 1. The van der Waals surface area contributed by atoms with Crippen LogP contribution in [-0.4, -0.2) is 29.5 Å². The van der Waals surface area contributed by atoms with E-state index in [-0.39, 0.29) is 11.8 Å². The van der Waals surface area contributed by atoms with Gasteiger partial charge in [0.05, 0.1) is 6.04 Å². The van der Waals surface area contributed by atoms with E-state index in [2.05, 4.69) is 5.43 Å². The van der Waals surface area contributed by atoms with Crippen LogP contribution in [0.1, 0.15) is 33.6 Å². The largest absolute Gasteiger partial charge is 0.350 e. The second kappa shape index (κ2) is 7.05. The third-order valence-electron chi connectivity index (χ3n) is 2.27. The van der Waals surface area contributed by atoms with Gasteiger partial charge in [0.15, 0.2) is 0 Å². The van der Waals surface area contributed by atoms with Crippen LogP contribution in [0.4, 0.5) is 4.79 Å². The quantitative estimate of drug-likeness (QED) is 0.587. The molecule has 0 saturated carbocycles. The Morgan fingerprint density at radius 1 is 1.38 bits per heavy atom. The first-order chi connectivity index (χ1) is 7.40. The average molecular weight is 230 g/mol. The zero-order chi connectivity index (χ0) is 12.7. The van der Waals surface area contributed by atoms with E-state index in [1.54, 1.807) is 0 Å². The maximum Gasteiger partial charge on any atom is 0.333 e. The number of amides is 3. The summed E-state index contributed by atoms with van der Waals surface area (Å²) in [6.07, 6.45) is 1.69. The van der Waals surface area contributed by atoms with Crippen LogP contribution in [0, 0.1) is 5.92 Å². The van der Waals surface area contributed by atoms with Crippen LogP contribution in [0.3, 0.4) is 0 Å². The molecule has 6 heteroatoms. The van der Waals surface area contributed by atoms with Crippen molar-refractivity contribution in [2.75, 3.05) is 6.54 Å². The van der Waals surface area contributed by atoms with Crippen LogP contribution in [0.25, 0.3) is 0 Å². The monoisotopic (exact) mass is 230 g/mol. The van der Waals surface area contributed by atoms with E-state index in [0.717, 1.165) is 17.9 Å². The number of nitrogens with two attached hydrogens (primary N) is 2. The van der Waals surface area contributed by atoms with Crippen molar-refractivity contribution in [3.05, 3.63) is 0 Å². The fourth-order valence-electron chi connectivity index (χ4n) is 1.05. The molecule has 6 nitrogen and oxygen atoms in total. The third-order valence-corrected chi connectivity index (χ3v) is 2.27. The lowest BCUT2D eigenvalue weighted by atomic mass is 10.1. The van der Waals surface area contributed by atoms with Crippen LogP contribution in [0.15, 0.2) is 0 Å². The molecule has 1 atom stereocenters. The molecular weight excluding hydrogens is 208 g/mol. The molecule has 1 unspecified atom stereocenters. The Morgan fingerprint density at radius 3 is 2.31 bits per heavy atom. The van der Waals surface area contributed by atoms with Gasteiger partial charge in [0.1, 0.15) is 0 Å². The van der Waals surface area contributed by atoms with Crippen LogP contribution in [-0.2, 0) is 4.79 Å². The molecule has 0 saturated heterocycles. The lowest BCUT2D eigenvalue weighted by Gasteiger charge is -2.24. The number of urea groups is 1. The summed E-state index contributed by atoms with van der Waals surface area (Å²) in [6.45, 7) is 6.07. The van der Waals surface area contributed by atoms with Crippen molar-refractivity contribution in [2.45, 2.75) is 39.7 Å². The van der Waals surface area contributed by atoms with Crippen molar-refractivity contribution in [3.63, 3.8) is 0 Å². The van der Waals surface area contributed by atoms with Crippen molar-refractivity contribution in [1.82, 2.24) is 10.4 Å². The lowest BCUT2D eigenvalue weighted by Crippen LogP contribution is -2.55. The van der Waals surface area contributed by atoms with Crippen molar-refractivity contribution in [3.8, 4) is 0 Å². The molecule has 16 heavy (non-hydrogen) atoms. The van der Waals surface area contributed by atoms with Gasteiger partial charge in [0.25, 0.3) is 5.91 Å². The lowest BCUT2D eigenvalue weighted by molar-refractivity contribution is -0.127. The molecule has 0 aliphatic carbocycles. The van der Waals surface area contributed by atoms with E-state index in [9.17, 15) is 9.59 Å². The summed E-state index contributed by atoms with van der Waals surface area (Å²) in [7, 11) is 0. The number of unbranched alkanes of at least 4 members (excludes halogenated alkanes) is 1. The molecule has 0 radical (unpaired) electrons. The minimum Gasteiger partial charge on any atom is -0.350 e. The van der Waals surface area contributed by atoms with Crippen molar-refractivity contribution < 1.29 is 9.59 Å². The SMILES string of the molecule is CCCCN(NC(=O)C(N)C(C)C)C(N)=O. The molecule has 0 fully saturated rings. The molecule has 5 N–H and O–H groups in total. The van der Waals surface area contributed by atoms with Gasteiger partial charge in [-0.25, -0.2) is 9.80 Å². The molecule has 94 valence electrons. The highest BCUT2D eigenvalue weighted by Gasteiger charge is 2.20. The van der Waals surface area contributed by atoms with E-state index in [1.807, 2.05) is 20.8 Å². The molecule has 0 bridgehead atoms. The Balaban J connectivity index is 4.28. The zero-order valence-electron chi connectivity index (χ0n) is 10.2. The second-order valence-electron chi connectivity index (χ2n) is 4.09. The molecular formula is C10H22N4O2. The van der Waals surface area contributed by atoms with Crippen molar-refractivity contribution in [2.24, 2.45) is 17.4 Å². The Hall–Kier alpha value is -1.30. The van der Waals surface area contributed by atoms with E-state index in [4.69, 9.17) is 11.5 Å². The number of hydrogen-bond donors (Lipinski definition) is 3. The zero-order valence-corrected chi connectivity index (χ0v) is 10.2. The Labute approximate surface area is 96.3 Å². The number of carbonyl (C=O) groups excluding carboxylic acids is 2. The summed E-state index contributed by atoms with van der Waals surface area (Å²) in [6, 6.07) is -1.30. The maximum absolute atomic E-state index is 11.6. The highest BCUT2D eigenvalue weighted by molar-refractivity contribution is 5.84. The average Bonchev–Trinajstić information content (AvgIpc) is 2.21. The summed E-state index contributed by atoms with van der Waals surface area (Å²) in [4.78, 5) is 22.6. The summed E-state index contributed by atoms with van der Waals surface area (Å²) in [5, 5.41) is 1.11. The number of hydrazine groups is 1. The van der Waals surface area contributed by atoms with Gasteiger partial charge in [0.2, 0.25) is 0 Å². The highest BCUT2D eigenvalue weighted by atomic mass is 16.2. The van der Waals surface area contributed by atoms with Crippen LogP contribution < -0.4 is 16.9 Å². The third kappa shape index (κ3) is 4.97. The van der Waals surface area contributed by atoms with Crippen LogP contribution >= 0.6 is 0 Å². The first kappa shape index (κ1) is 14.7. The fraction of sp³-hybridized carbons (Fsp3) is 0.800. The van der Waals surface area contributed by atoms with E-state index >= 15 is 0 Å². The van der Waals surface area contributed by atoms with Gasteiger partial charge in [-0.3, -0.25) is 10.2 Å². The van der Waals surface area contributed by atoms with Gasteiger partial charge >= 0.3 is 6.03 Å². The Morgan fingerprint density at radius 2 is 1.94 bits per heavy atom. The topological polar surface area (TPSA) is 101 Å². The number of nitrogens with zero attached hydrogens (tertiary/aromatic N) is 1. The van der Waals surface area contributed by atoms with Crippen molar-refractivity contribution >= 4 is 11.9 Å². The molecule has 3 amide bonds. The molecule has 0 aliphatic heterocycles. The van der Waals surface area contributed by atoms with E-state index in [1.165, 1.54) is 0 Å². The summed E-state index contributed by atoms with van der Waals surface area (Å²) >= 11 is 0. The molecule has 0 spiro atoms. The number of rotatable bonds is 5. The van der Waals surface area contributed by atoms with Gasteiger partial charge in [0, 0.05) is 6.54 Å². The minimum atomic E-state index is -0.669. The molecule has 0 aliphatic rings. The van der Waals surface area contributed by atoms with Crippen LogP contribution in [0.5, 0.6) is 0 Å². The standard InChI is InChI=1S/C10H22N4O2/c1-4-5-6-14(10(12)16)13-9(15)8(11)7(2)3/h7-8H,4-6,11H2,1-3H3,(H2,12,16)(H,13,15). The second-order valence-corrected chi connectivity index (χ2v) is 4.09. The molecule has 0 aromatic rings. The normalized spacial score (nSPS) is 12.3. The van der Waals surface area contributed by atoms with Crippen LogP contribution in [0.2, 0.25) is 0 Å². The van der Waals surface area contributed by atoms with Gasteiger partial charge in [-0.2, -0.15) is 0 Å². The Bertz CT molecular complexity index is 243. The van der Waals surface area contributed by atoms with Gasteiger partial charge in [-0.05, 0) is 12.3 Å². The predicted octanol–water partition coefficient (Wildman–Crippen LogP) is 0.182. The Kier molecular flexibility index (Phi) is 6.48. The van der Waals surface area contributed by atoms with Crippen molar-refractivity contribution in [1.29, 1.82) is 0 Å². The van der Waals surface area contributed by atoms with E-state index in [0.29, 0.717) is 6.54 Å². The highest BCUT2D eigenvalue weighted by Crippen LogP contribution is 1.99. The molecule has 0 rings (SSSR count). The van der Waals surface area contributed by atoms with E-state index < -0.39 is 12.1 Å². The number of hydrogen-bond acceptors (Lipinski definition) is 3. The smallest absolute Gasteiger partial charge is 0.333 e. The number of nitrogens with one attached hydrogen (secondary N) is 1. The van der Waals surface area contributed by atoms with Gasteiger partial charge in [-0.15, -0.1) is 0 Å². The summed E-state index contributed by atoms with van der Waals surface area (Å²) in [5.74, 6) is -0.370. The number of carbonyl (C=O) groups is 2. The summed E-state index contributed by atoms with van der Waals surface area (Å²) < 4.78 is 0. The molecule has 0 aromatic carbocycles. The fourth-order valence-corrected chi connectivity index (χ4v) is 1.05. The minimum absolute atomic E-state index is 0.0147. The van der Waals surface area contributed by atoms with Gasteiger partial charge < -0.3 is 11.5 Å². The molecule has 0 aromatic heterocycles. The first-order valence-electron chi connectivity index (χ1n) is 5.53. The summed E-state index contributed by atoms with van der Waals surface area (Å²) in [5.41, 5.74) is 13.2.